The zero-order valence-corrected chi connectivity index (χ0v) is 20.9. The van der Waals surface area contributed by atoms with Gasteiger partial charge in [0.1, 0.15) is 6.23 Å². The molecule has 1 aliphatic rings. The highest BCUT2D eigenvalue weighted by atomic mass is 32.2. The average molecular weight is 525 g/mol. The first-order valence-corrected chi connectivity index (χ1v) is 13.1. The summed E-state index contributed by atoms with van der Waals surface area (Å²) in [5.74, 6) is -3.32. The zero-order valence-electron chi connectivity index (χ0n) is 20.1. The van der Waals surface area contributed by atoms with Crippen molar-refractivity contribution >= 4 is 32.4 Å². The molecule has 3 N–H and O–H groups in total. The highest BCUT2D eigenvalue weighted by molar-refractivity contribution is 7.92. The average Bonchev–Trinajstić information content (AvgIpc) is 3.22. The van der Waals surface area contributed by atoms with Crippen molar-refractivity contribution in [1.82, 2.24) is 9.55 Å². The molecule has 1 atom stereocenters. The summed E-state index contributed by atoms with van der Waals surface area (Å²) in [6.07, 6.45) is 0.384. The van der Waals surface area contributed by atoms with Crippen molar-refractivity contribution in [1.29, 1.82) is 0 Å². The Morgan fingerprint density at radius 2 is 1.89 bits per heavy atom. The van der Waals surface area contributed by atoms with Crippen LogP contribution in [0.5, 0.6) is 0 Å². The largest absolute Gasteiger partial charge is 0.392 e. The molecule has 0 spiro atoms. The van der Waals surface area contributed by atoms with Crippen LogP contribution in [0, 0.1) is 5.92 Å². The summed E-state index contributed by atoms with van der Waals surface area (Å²) in [6, 6.07) is 10.4. The number of hydrogen-bond acceptors (Lipinski definition) is 7. The number of sulfonamides is 1. The molecule has 1 aliphatic heterocycles. The Morgan fingerprint density at radius 1 is 1.22 bits per heavy atom. The van der Waals surface area contributed by atoms with Crippen molar-refractivity contribution in [3.05, 3.63) is 48.3 Å². The van der Waals surface area contributed by atoms with Crippen molar-refractivity contribution in [2.24, 2.45) is 5.92 Å². The first-order chi connectivity index (χ1) is 17.0. The van der Waals surface area contributed by atoms with Crippen LogP contribution in [-0.4, -0.2) is 61.3 Å². The summed E-state index contributed by atoms with van der Waals surface area (Å²) in [5.41, 5.74) is 1.52. The second-order valence-electron chi connectivity index (χ2n) is 9.00. The number of hydrogen-bond donors (Lipinski definition) is 3. The Balaban J connectivity index is 1.64. The smallest absolute Gasteiger partial charge is 0.302 e. The third-order valence-electron chi connectivity index (χ3n) is 6.29. The maximum Gasteiger partial charge on any atom is 0.302 e. The molecule has 1 fully saturated rings. The normalized spacial score (nSPS) is 16.3. The van der Waals surface area contributed by atoms with Crippen LogP contribution >= 0.6 is 0 Å². The molecular formula is C24H30F2N4O5S. The molecule has 12 heteroatoms. The van der Waals surface area contributed by atoms with Gasteiger partial charge < -0.3 is 24.8 Å². The lowest BCUT2D eigenvalue weighted by atomic mass is 10.00. The number of fused-ring (bicyclic) bond motifs is 1. The predicted octanol–water partition coefficient (Wildman–Crippen LogP) is 3.12. The highest BCUT2D eigenvalue weighted by Gasteiger charge is 2.33. The van der Waals surface area contributed by atoms with Gasteiger partial charge in [-0.05, 0) is 61.2 Å². The van der Waals surface area contributed by atoms with E-state index in [0.717, 1.165) is 24.1 Å². The molecule has 0 bridgehead atoms. The molecule has 0 saturated carbocycles. The molecule has 0 aliphatic carbocycles. The first kappa shape index (κ1) is 26.3. The Labute approximate surface area is 208 Å². The van der Waals surface area contributed by atoms with Crippen LogP contribution < -0.4 is 9.62 Å². The molecule has 2 aromatic carbocycles. The quantitative estimate of drug-likeness (QED) is 0.368. The van der Waals surface area contributed by atoms with Crippen LogP contribution in [0.15, 0.2) is 47.4 Å². The van der Waals surface area contributed by atoms with Crippen molar-refractivity contribution in [2.75, 3.05) is 36.5 Å². The van der Waals surface area contributed by atoms with E-state index in [1.54, 1.807) is 12.1 Å². The molecular weight excluding hydrogens is 494 g/mol. The minimum absolute atomic E-state index is 0.0000347. The molecule has 2 heterocycles. The Bertz CT molecular complexity index is 1300. The van der Waals surface area contributed by atoms with Gasteiger partial charge in [-0.25, -0.2) is 13.4 Å². The van der Waals surface area contributed by atoms with Crippen LogP contribution in [0.3, 0.4) is 0 Å². The van der Waals surface area contributed by atoms with Crippen LogP contribution in [0.1, 0.15) is 25.6 Å². The number of halogens is 2. The number of aliphatic hydroxyl groups is 2. The SMILES string of the molecule is CN(c1ccc2c(c1)nc(C(C)(F)F)n2CC1CCOCC1)S(=O)(=O)c1ccc(NC(O)CO)cc1. The van der Waals surface area contributed by atoms with Gasteiger partial charge in [0.15, 0.2) is 5.82 Å². The molecule has 1 saturated heterocycles. The van der Waals surface area contributed by atoms with Gasteiger partial charge in [0.2, 0.25) is 0 Å². The fraction of sp³-hybridized carbons (Fsp3) is 0.458. The Morgan fingerprint density at radius 3 is 2.50 bits per heavy atom. The number of aliphatic hydroxyl groups excluding tert-OH is 2. The third-order valence-corrected chi connectivity index (χ3v) is 8.09. The van der Waals surface area contributed by atoms with Gasteiger partial charge in [-0.15, -0.1) is 0 Å². The van der Waals surface area contributed by atoms with Gasteiger partial charge in [-0.3, -0.25) is 4.31 Å². The zero-order chi connectivity index (χ0) is 26.1. The van der Waals surface area contributed by atoms with Crippen LogP contribution in [0.4, 0.5) is 20.2 Å². The van der Waals surface area contributed by atoms with Gasteiger partial charge in [-0.1, -0.05) is 0 Å². The second kappa shape index (κ2) is 10.3. The van der Waals surface area contributed by atoms with E-state index in [-0.39, 0.29) is 27.8 Å². The van der Waals surface area contributed by atoms with Crippen LogP contribution in [0.25, 0.3) is 11.0 Å². The summed E-state index contributed by atoms with van der Waals surface area (Å²) >= 11 is 0. The molecule has 9 nitrogen and oxygen atoms in total. The van der Waals surface area contributed by atoms with Crippen molar-refractivity contribution in [3.8, 4) is 0 Å². The maximum atomic E-state index is 14.5. The number of rotatable bonds is 9. The highest BCUT2D eigenvalue weighted by Crippen LogP contribution is 2.34. The second-order valence-corrected chi connectivity index (χ2v) is 11.0. The number of alkyl halides is 2. The Hall–Kier alpha value is -2.80. The topological polar surface area (TPSA) is 117 Å². The summed E-state index contributed by atoms with van der Waals surface area (Å²) < 4.78 is 63.3. The molecule has 1 aromatic heterocycles. The summed E-state index contributed by atoms with van der Waals surface area (Å²) in [7, 11) is -2.59. The van der Waals surface area contributed by atoms with Crippen molar-refractivity contribution in [3.63, 3.8) is 0 Å². The lowest BCUT2D eigenvalue weighted by molar-refractivity contribution is 0.00222. The monoisotopic (exact) mass is 524 g/mol. The molecule has 3 aromatic rings. The summed E-state index contributed by atoms with van der Waals surface area (Å²) in [5, 5.41) is 21.0. The molecule has 4 rings (SSSR count). The van der Waals surface area contributed by atoms with E-state index in [1.807, 2.05) is 0 Å². The number of imidazole rings is 1. The number of benzene rings is 2. The third kappa shape index (κ3) is 5.46. The number of nitrogens with one attached hydrogen (secondary N) is 1. The van der Waals surface area contributed by atoms with Gasteiger partial charge in [0, 0.05) is 39.4 Å². The minimum Gasteiger partial charge on any atom is -0.392 e. The fourth-order valence-electron chi connectivity index (χ4n) is 4.28. The lowest BCUT2D eigenvalue weighted by Gasteiger charge is -2.24. The van der Waals surface area contributed by atoms with Gasteiger partial charge >= 0.3 is 5.92 Å². The first-order valence-electron chi connectivity index (χ1n) is 11.6. The van der Waals surface area contributed by atoms with Crippen LogP contribution in [0.2, 0.25) is 0 Å². The number of nitrogens with zero attached hydrogens (tertiary/aromatic N) is 3. The standard InChI is InChI=1S/C24H30F2N4O5S/c1-24(25,26)23-28-20-13-18(5-8-21(20)30(23)14-16-9-11-35-12-10-16)29(2)36(33,34)19-6-3-17(4-7-19)27-22(32)15-31/h3-8,13,16,22,27,31-32H,9-12,14-15H2,1-2H3. The van der Waals surface area contributed by atoms with E-state index < -0.39 is 28.8 Å². The molecule has 1 unspecified atom stereocenters. The van der Waals surface area contributed by atoms with E-state index in [4.69, 9.17) is 9.84 Å². The van der Waals surface area contributed by atoms with Crippen molar-refractivity contribution in [2.45, 2.75) is 43.4 Å². The van der Waals surface area contributed by atoms with Crippen molar-refractivity contribution < 1.29 is 32.1 Å². The van der Waals surface area contributed by atoms with E-state index in [2.05, 4.69) is 10.3 Å². The van der Waals surface area contributed by atoms with Gasteiger partial charge in [0.05, 0.1) is 28.2 Å². The summed E-state index contributed by atoms with van der Waals surface area (Å²) in [4.78, 5) is 4.20. The summed E-state index contributed by atoms with van der Waals surface area (Å²) in [6.45, 7) is 1.89. The Kier molecular flexibility index (Phi) is 7.51. The lowest BCUT2D eigenvalue weighted by Crippen LogP contribution is -2.26. The number of anilines is 2. The van der Waals surface area contributed by atoms with E-state index in [0.29, 0.717) is 31.0 Å². The fourth-order valence-corrected chi connectivity index (χ4v) is 5.47. The predicted molar refractivity (Wildman–Crippen MR) is 132 cm³/mol. The van der Waals surface area contributed by atoms with E-state index in [9.17, 15) is 22.3 Å². The van der Waals surface area contributed by atoms with Gasteiger partial charge in [-0.2, -0.15) is 8.78 Å². The molecule has 0 radical (unpaired) electrons. The van der Waals surface area contributed by atoms with E-state index >= 15 is 0 Å². The molecule has 196 valence electrons. The van der Waals surface area contributed by atoms with Crippen LogP contribution in [-0.2, 0) is 27.2 Å². The number of aromatic nitrogens is 2. The molecule has 36 heavy (non-hydrogen) atoms. The van der Waals surface area contributed by atoms with Gasteiger partial charge in [0.25, 0.3) is 10.0 Å². The maximum absolute atomic E-state index is 14.5. The van der Waals surface area contributed by atoms with E-state index in [1.165, 1.54) is 41.9 Å². The minimum atomic E-state index is -3.97. The molecule has 0 amide bonds. The number of ether oxygens (including phenoxy) is 1.